The quantitative estimate of drug-likeness (QED) is 0.668. The number of thiazole rings is 1. The lowest BCUT2D eigenvalue weighted by atomic mass is 10.5. The van der Waals surface area contributed by atoms with E-state index in [0.717, 1.165) is 10.7 Å². The molecule has 0 aliphatic rings. The van der Waals surface area contributed by atoms with Crippen molar-refractivity contribution in [1.29, 1.82) is 0 Å². The molecule has 11 heavy (non-hydrogen) atoms. The molecule has 1 rings (SSSR count). The van der Waals surface area contributed by atoms with Crippen LogP contribution in [0.2, 0.25) is 0 Å². The molecule has 0 saturated heterocycles. The third-order valence-electron chi connectivity index (χ3n) is 1.03. The summed E-state index contributed by atoms with van der Waals surface area (Å²) in [6.45, 7) is 1.90. The Bertz CT molecular complexity index is 290. The van der Waals surface area contributed by atoms with E-state index in [-0.39, 0.29) is 0 Å². The van der Waals surface area contributed by atoms with Crippen LogP contribution < -0.4 is 5.73 Å². The van der Waals surface area contributed by atoms with E-state index in [1.54, 1.807) is 6.08 Å². The van der Waals surface area contributed by atoms with Crippen LogP contribution in [0.15, 0.2) is 11.5 Å². The number of hydrogen-bond acceptors (Lipinski definition) is 3. The molecule has 0 fully saturated rings. The lowest BCUT2D eigenvalue weighted by Crippen LogP contribution is -2.04. The molecule has 0 atom stereocenters. The van der Waals surface area contributed by atoms with Gasteiger partial charge in [0.05, 0.1) is 0 Å². The van der Waals surface area contributed by atoms with Crippen molar-refractivity contribution in [3.63, 3.8) is 0 Å². The van der Waals surface area contributed by atoms with Crippen molar-refractivity contribution in [2.24, 2.45) is 5.73 Å². The molecule has 4 heteroatoms. The van der Waals surface area contributed by atoms with Crippen LogP contribution in [0, 0.1) is 6.92 Å². The van der Waals surface area contributed by atoms with E-state index in [0.29, 0.717) is 0 Å². The van der Waals surface area contributed by atoms with Crippen LogP contribution in [0.5, 0.6) is 0 Å². The lowest BCUT2D eigenvalue weighted by molar-refractivity contribution is -0.113. The first kappa shape index (κ1) is 7.94. The zero-order valence-corrected chi connectivity index (χ0v) is 6.89. The Hall–Kier alpha value is -1.16. The van der Waals surface area contributed by atoms with E-state index in [9.17, 15) is 4.79 Å². The van der Waals surface area contributed by atoms with Gasteiger partial charge in [-0.3, -0.25) is 4.79 Å². The third-order valence-corrected chi connectivity index (χ3v) is 1.95. The van der Waals surface area contributed by atoms with Crippen molar-refractivity contribution in [2.75, 3.05) is 0 Å². The van der Waals surface area contributed by atoms with Crippen LogP contribution in [-0.2, 0) is 4.79 Å². The maximum atomic E-state index is 10.3. The Labute approximate surface area is 68.6 Å². The van der Waals surface area contributed by atoms with Gasteiger partial charge in [0.1, 0.15) is 5.01 Å². The van der Waals surface area contributed by atoms with Gasteiger partial charge in [0.15, 0.2) is 0 Å². The molecule has 0 aliphatic carbocycles. The fourth-order valence-electron chi connectivity index (χ4n) is 0.602. The minimum Gasteiger partial charge on any atom is -0.366 e. The normalized spacial score (nSPS) is 10.6. The average molecular weight is 168 g/mol. The van der Waals surface area contributed by atoms with E-state index in [1.165, 1.54) is 17.4 Å². The molecule has 2 N–H and O–H groups in total. The molecule has 1 heterocycles. The minimum absolute atomic E-state index is 0.446. The predicted molar refractivity (Wildman–Crippen MR) is 45.1 cm³/mol. The molecule has 0 spiro atoms. The maximum Gasteiger partial charge on any atom is 0.241 e. The van der Waals surface area contributed by atoms with Gasteiger partial charge in [-0.05, 0) is 13.0 Å². The highest BCUT2D eigenvalue weighted by Crippen LogP contribution is 2.09. The molecule has 1 aromatic rings. The first-order valence-corrected chi connectivity index (χ1v) is 3.96. The molecular formula is C7H8N2OS. The Morgan fingerprint density at radius 3 is 3.00 bits per heavy atom. The number of rotatable bonds is 2. The number of carbonyl (C=O) groups is 1. The number of primary amides is 1. The molecule has 0 unspecified atom stereocenters. The average Bonchev–Trinajstić information content (AvgIpc) is 2.31. The summed E-state index contributed by atoms with van der Waals surface area (Å²) in [4.78, 5) is 14.4. The van der Waals surface area contributed by atoms with Crippen LogP contribution in [0.25, 0.3) is 6.08 Å². The molecule has 0 bridgehead atoms. The SMILES string of the molecule is Cc1csc(/C=C/C(N)=O)n1. The van der Waals surface area contributed by atoms with Gasteiger partial charge in [-0.2, -0.15) is 0 Å². The fraction of sp³-hybridized carbons (Fsp3) is 0.143. The summed E-state index contributed by atoms with van der Waals surface area (Å²) in [6, 6.07) is 0. The molecule has 0 saturated carbocycles. The van der Waals surface area contributed by atoms with Crippen molar-refractivity contribution in [1.82, 2.24) is 4.98 Å². The number of aromatic nitrogens is 1. The number of nitrogens with two attached hydrogens (primary N) is 1. The molecule has 3 nitrogen and oxygen atoms in total. The molecule has 58 valence electrons. The molecule has 1 amide bonds. The summed E-state index contributed by atoms with van der Waals surface area (Å²) >= 11 is 1.49. The van der Waals surface area contributed by atoms with E-state index < -0.39 is 5.91 Å². The Morgan fingerprint density at radius 2 is 2.55 bits per heavy atom. The Balaban J connectivity index is 2.71. The van der Waals surface area contributed by atoms with Gasteiger partial charge >= 0.3 is 0 Å². The van der Waals surface area contributed by atoms with Gasteiger partial charge in [0.2, 0.25) is 5.91 Å². The fourth-order valence-corrected chi connectivity index (χ4v) is 1.29. The molecule has 1 aromatic heterocycles. The standard InChI is InChI=1S/C7H8N2OS/c1-5-4-11-7(9-5)3-2-6(8)10/h2-4H,1H3,(H2,8,10)/b3-2+. The lowest BCUT2D eigenvalue weighted by Gasteiger charge is -1.79. The van der Waals surface area contributed by atoms with Crippen molar-refractivity contribution in [3.05, 3.63) is 22.2 Å². The zero-order valence-electron chi connectivity index (χ0n) is 6.07. The van der Waals surface area contributed by atoms with Gasteiger partial charge < -0.3 is 5.73 Å². The van der Waals surface area contributed by atoms with Gasteiger partial charge in [-0.15, -0.1) is 11.3 Å². The van der Waals surface area contributed by atoms with Gasteiger partial charge in [0.25, 0.3) is 0 Å². The minimum atomic E-state index is -0.446. The van der Waals surface area contributed by atoms with Crippen LogP contribution in [0.3, 0.4) is 0 Å². The summed E-state index contributed by atoms with van der Waals surface area (Å²) in [5, 5.41) is 2.72. The second-order valence-corrected chi connectivity index (χ2v) is 2.95. The third kappa shape index (κ3) is 2.51. The van der Waals surface area contributed by atoms with Crippen LogP contribution in [-0.4, -0.2) is 10.9 Å². The predicted octanol–water partition coefficient (Wildman–Crippen LogP) is 0.950. The monoisotopic (exact) mass is 168 g/mol. The van der Waals surface area contributed by atoms with E-state index in [2.05, 4.69) is 4.98 Å². The topological polar surface area (TPSA) is 56.0 Å². The Morgan fingerprint density at radius 1 is 1.82 bits per heavy atom. The number of nitrogens with zero attached hydrogens (tertiary/aromatic N) is 1. The highest BCUT2D eigenvalue weighted by atomic mass is 32.1. The van der Waals surface area contributed by atoms with E-state index in [4.69, 9.17) is 5.73 Å². The Kier molecular flexibility index (Phi) is 2.38. The number of hydrogen-bond donors (Lipinski definition) is 1. The van der Waals surface area contributed by atoms with E-state index in [1.807, 2.05) is 12.3 Å². The maximum absolute atomic E-state index is 10.3. The van der Waals surface area contributed by atoms with Gasteiger partial charge in [-0.25, -0.2) is 4.98 Å². The first-order chi connectivity index (χ1) is 5.18. The largest absolute Gasteiger partial charge is 0.366 e. The van der Waals surface area contributed by atoms with E-state index >= 15 is 0 Å². The summed E-state index contributed by atoms with van der Waals surface area (Å²) in [6.07, 6.45) is 2.91. The highest BCUT2D eigenvalue weighted by Gasteiger charge is 1.92. The van der Waals surface area contributed by atoms with Crippen molar-refractivity contribution in [2.45, 2.75) is 6.92 Å². The van der Waals surface area contributed by atoms with Crippen molar-refractivity contribution in [3.8, 4) is 0 Å². The second-order valence-electron chi connectivity index (χ2n) is 2.06. The summed E-state index contributed by atoms with van der Waals surface area (Å²) in [7, 11) is 0. The molecule has 0 radical (unpaired) electrons. The van der Waals surface area contributed by atoms with Crippen molar-refractivity contribution < 1.29 is 4.79 Å². The summed E-state index contributed by atoms with van der Waals surface area (Å²) in [5.41, 5.74) is 5.86. The smallest absolute Gasteiger partial charge is 0.241 e. The first-order valence-electron chi connectivity index (χ1n) is 3.08. The van der Waals surface area contributed by atoms with Crippen LogP contribution in [0.1, 0.15) is 10.7 Å². The van der Waals surface area contributed by atoms with Crippen LogP contribution >= 0.6 is 11.3 Å². The van der Waals surface area contributed by atoms with Gasteiger partial charge in [-0.1, -0.05) is 0 Å². The molecule has 0 aliphatic heterocycles. The van der Waals surface area contributed by atoms with Crippen LogP contribution in [0.4, 0.5) is 0 Å². The summed E-state index contributed by atoms with van der Waals surface area (Å²) < 4.78 is 0. The zero-order chi connectivity index (χ0) is 8.27. The number of amides is 1. The number of aryl methyl sites for hydroxylation is 1. The number of carbonyl (C=O) groups excluding carboxylic acids is 1. The van der Waals surface area contributed by atoms with Gasteiger partial charge in [0, 0.05) is 17.2 Å². The van der Waals surface area contributed by atoms with Crippen molar-refractivity contribution >= 4 is 23.3 Å². The molecular weight excluding hydrogens is 160 g/mol. The summed E-state index contributed by atoms with van der Waals surface area (Å²) in [5.74, 6) is -0.446. The molecule has 0 aromatic carbocycles. The second kappa shape index (κ2) is 3.30. The highest BCUT2D eigenvalue weighted by molar-refractivity contribution is 7.10.